The van der Waals surface area contributed by atoms with Gasteiger partial charge in [0.1, 0.15) is 18.1 Å². The molecule has 0 radical (unpaired) electrons. The van der Waals surface area contributed by atoms with Crippen LogP contribution in [0.5, 0.6) is 0 Å². The zero-order valence-corrected chi connectivity index (χ0v) is 19.8. The number of hydrogen-bond donors (Lipinski definition) is 6. The molecule has 1 saturated heterocycles. The number of primary amides is 1. The Morgan fingerprint density at radius 2 is 1.71 bits per heavy atom. The van der Waals surface area contributed by atoms with Crippen LogP contribution in [0.3, 0.4) is 0 Å². The number of carbonyl (C=O) groups excluding carboxylic acids is 4. The van der Waals surface area contributed by atoms with Gasteiger partial charge in [-0.2, -0.15) is 11.8 Å². The number of likely N-dealkylation sites (tertiary alicyclic amines) is 1. The fourth-order valence-electron chi connectivity index (χ4n) is 3.51. The molecule has 0 aromatic heterocycles. The molecule has 8 N–H and O–H groups in total. The van der Waals surface area contributed by atoms with Gasteiger partial charge in [0.25, 0.3) is 0 Å². The summed E-state index contributed by atoms with van der Waals surface area (Å²) in [5.74, 6) is -4.49. The maximum absolute atomic E-state index is 13.0. The first-order valence-corrected chi connectivity index (χ1v) is 12.3. The van der Waals surface area contributed by atoms with Gasteiger partial charge in [0.2, 0.25) is 23.6 Å². The first-order valence-electron chi connectivity index (χ1n) is 10.9. The molecule has 4 amide bonds. The summed E-state index contributed by atoms with van der Waals surface area (Å²) in [6, 6.07) is -4.36. The first kappa shape index (κ1) is 29.2. The van der Waals surface area contributed by atoms with Crippen molar-refractivity contribution in [3.8, 4) is 0 Å². The van der Waals surface area contributed by atoms with E-state index in [9.17, 15) is 33.9 Å². The minimum absolute atomic E-state index is 0.0698. The van der Waals surface area contributed by atoms with Crippen molar-refractivity contribution in [1.82, 2.24) is 15.5 Å². The van der Waals surface area contributed by atoms with Gasteiger partial charge in [-0.25, -0.2) is 4.79 Å². The number of carboxylic acid groups (broad SMARTS) is 2. The van der Waals surface area contributed by atoms with Crippen LogP contribution in [-0.4, -0.2) is 93.4 Å². The summed E-state index contributed by atoms with van der Waals surface area (Å²) in [6.07, 6.45) is 2.11. The highest BCUT2D eigenvalue weighted by atomic mass is 32.2. The van der Waals surface area contributed by atoms with Crippen LogP contribution in [0, 0.1) is 0 Å². The van der Waals surface area contributed by atoms with Crippen molar-refractivity contribution in [2.45, 2.75) is 69.1 Å². The SMILES string of the molecule is CSCCC(NC(=O)C1CCCN1C(=O)C(N)CCC(=O)O)C(=O)NC(CCC(N)=O)C(=O)O. The molecule has 34 heavy (non-hydrogen) atoms. The molecule has 1 rings (SSSR count). The van der Waals surface area contributed by atoms with Crippen LogP contribution >= 0.6 is 11.8 Å². The highest BCUT2D eigenvalue weighted by molar-refractivity contribution is 7.98. The van der Waals surface area contributed by atoms with Crippen molar-refractivity contribution in [1.29, 1.82) is 0 Å². The van der Waals surface area contributed by atoms with Gasteiger partial charge in [0.15, 0.2) is 0 Å². The first-order chi connectivity index (χ1) is 16.0. The molecule has 13 nitrogen and oxygen atoms in total. The Morgan fingerprint density at radius 3 is 2.26 bits per heavy atom. The van der Waals surface area contributed by atoms with Gasteiger partial charge in [0.05, 0.1) is 6.04 Å². The third kappa shape index (κ3) is 9.55. The molecule has 1 heterocycles. The van der Waals surface area contributed by atoms with E-state index in [1.54, 1.807) is 6.26 Å². The van der Waals surface area contributed by atoms with E-state index in [1.165, 1.54) is 16.7 Å². The van der Waals surface area contributed by atoms with Crippen LogP contribution < -0.4 is 22.1 Å². The average molecular weight is 504 g/mol. The van der Waals surface area contributed by atoms with Gasteiger partial charge < -0.3 is 37.2 Å². The Balaban J connectivity index is 2.87. The molecule has 0 bridgehead atoms. The quantitative estimate of drug-likeness (QED) is 0.148. The Kier molecular flexibility index (Phi) is 12.4. The predicted molar refractivity (Wildman–Crippen MR) is 123 cm³/mol. The molecule has 0 spiro atoms. The van der Waals surface area contributed by atoms with E-state index in [0.717, 1.165) is 0 Å². The van der Waals surface area contributed by atoms with Gasteiger partial charge in [-0.3, -0.25) is 24.0 Å². The second-order valence-electron chi connectivity index (χ2n) is 7.98. The molecular weight excluding hydrogens is 470 g/mol. The topological polar surface area (TPSA) is 222 Å². The van der Waals surface area contributed by atoms with E-state index in [0.29, 0.717) is 18.6 Å². The van der Waals surface area contributed by atoms with Gasteiger partial charge in [0, 0.05) is 19.4 Å². The lowest BCUT2D eigenvalue weighted by molar-refractivity contribution is -0.143. The fourth-order valence-corrected chi connectivity index (χ4v) is 3.98. The van der Waals surface area contributed by atoms with Crippen LogP contribution in [0.25, 0.3) is 0 Å². The van der Waals surface area contributed by atoms with E-state index >= 15 is 0 Å². The van der Waals surface area contributed by atoms with Gasteiger partial charge in [-0.05, 0) is 44.1 Å². The molecular formula is C20H33N5O8S. The number of nitrogens with zero attached hydrogens (tertiary/aromatic N) is 1. The number of rotatable bonds is 15. The van der Waals surface area contributed by atoms with Crippen molar-refractivity contribution in [2.24, 2.45) is 11.5 Å². The monoisotopic (exact) mass is 503 g/mol. The van der Waals surface area contributed by atoms with Crippen molar-refractivity contribution < 1.29 is 39.0 Å². The lowest BCUT2D eigenvalue weighted by Crippen LogP contribution is -2.56. The molecule has 0 aromatic carbocycles. The lowest BCUT2D eigenvalue weighted by Gasteiger charge is -2.28. The summed E-state index contributed by atoms with van der Waals surface area (Å²) in [5.41, 5.74) is 10.9. The molecule has 192 valence electrons. The Morgan fingerprint density at radius 1 is 1.03 bits per heavy atom. The van der Waals surface area contributed by atoms with Crippen LogP contribution in [0.2, 0.25) is 0 Å². The minimum atomic E-state index is -1.36. The third-order valence-corrected chi connectivity index (χ3v) is 6.01. The minimum Gasteiger partial charge on any atom is -0.481 e. The zero-order chi connectivity index (χ0) is 25.8. The Bertz CT molecular complexity index is 780. The van der Waals surface area contributed by atoms with Crippen LogP contribution in [0.4, 0.5) is 0 Å². The zero-order valence-electron chi connectivity index (χ0n) is 19.0. The number of hydrogen-bond acceptors (Lipinski definition) is 8. The highest BCUT2D eigenvalue weighted by Crippen LogP contribution is 2.19. The largest absolute Gasteiger partial charge is 0.481 e. The standard InChI is InChI=1S/C20H33N5O8S/c1-34-10-8-12(17(29)24-13(20(32)33)5-6-15(22)26)23-18(30)14-3-2-9-25(14)19(31)11(21)4-7-16(27)28/h11-14H,2-10,21H2,1H3,(H2,22,26)(H,23,30)(H,24,29)(H,27,28)(H,32,33). The highest BCUT2D eigenvalue weighted by Gasteiger charge is 2.38. The summed E-state index contributed by atoms with van der Waals surface area (Å²) in [5, 5.41) is 23.0. The molecule has 0 aromatic rings. The van der Waals surface area contributed by atoms with E-state index in [1.807, 2.05) is 0 Å². The number of aliphatic carboxylic acids is 2. The second kappa shape index (κ2) is 14.4. The summed E-state index contributed by atoms with van der Waals surface area (Å²) >= 11 is 1.43. The summed E-state index contributed by atoms with van der Waals surface area (Å²) in [6.45, 7) is 0.271. The number of carbonyl (C=O) groups is 6. The van der Waals surface area contributed by atoms with E-state index in [-0.39, 0.29) is 38.6 Å². The summed E-state index contributed by atoms with van der Waals surface area (Å²) < 4.78 is 0. The number of amides is 4. The molecule has 0 saturated carbocycles. The van der Waals surface area contributed by atoms with Crippen molar-refractivity contribution in [3.63, 3.8) is 0 Å². The number of carboxylic acids is 2. The molecule has 4 unspecified atom stereocenters. The van der Waals surface area contributed by atoms with E-state index in [4.69, 9.17) is 16.6 Å². The lowest BCUT2D eigenvalue weighted by atomic mass is 10.1. The maximum atomic E-state index is 13.0. The van der Waals surface area contributed by atoms with Gasteiger partial charge in [-0.1, -0.05) is 0 Å². The molecule has 1 aliphatic rings. The number of thioether (sulfide) groups is 1. The van der Waals surface area contributed by atoms with E-state index < -0.39 is 59.7 Å². The fraction of sp³-hybridized carbons (Fsp3) is 0.700. The molecule has 1 aliphatic heterocycles. The number of nitrogens with two attached hydrogens (primary N) is 2. The molecule has 14 heteroatoms. The van der Waals surface area contributed by atoms with Crippen molar-refractivity contribution >= 4 is 47.3 Å². The predicted octanol–water partition coefficient (Wildman–Crippen LogP) is -1.76. The number of nitrogens with one attached hydrogen (secondary N) is 2. The van der Waals surface area contributed by atoms with Crippen molar-refractivity contribution in [3.05, 3.63) is 0 Å². The summed E-state index contributed by atoms with van der Waals surface area (Å²) in [7, 11) is 0. The third-order valence-electron chi connectivity index (χ3n) is 5.36. The normalized spacial score (nSPS) is 17.9. The molecule has 0 aliphatic carbocycles. The molecule has 1 fully saturated rings. The van der Waals surface area contributed by atoms with Gasteiger partial charge in [-0.15, -0.1) is 0 Å². The van der Waals surface area contributed by atoms with Crippen LogP contribution in [-0.2, 0) is 28.8 Å². The Labute approximate surface area is 201 Å². The van der Waals surface area contributed by atoms with Crippen molar-refractivity contribution in [2.75, 3.05) is 18.6 Å². The smallest absolute Gasteiger partial charge is 0.326 e. The second-order valence-corrected chi connectivity index (χ2v) is 8.96. The Hall–Kier alpha value is -2.87. The van der Waals surface area contributed by atoms with Gasteiger partial charge >= 0.3 is 11.9 Å². The van der Waals surface area contributed by atoms with Crippen LogP contribution in [0.15, 0.2) is 0 Å². The van der Waals surface area contributed by atoms with Crippen LogP contribution in [0.1, 0.15) is 44.9 Å². The van der Waals surface area contributed by atoms with E-state index in [2.05, 4.69) is 10.6 Å². The summed E-state index contributed by atoms with van der Waals surface area (Å²) in [4.78, 5) is 72.8. The average Bonchev–Trinajstić information content (AvgIpc) is 3.26. The molecule has 4 atom stereocenters. The maximum Gasteiger partial charge on any atom is 0.326 e.